The van der Waals surface area contributed by atoms with Gasteiger partial charge in [0.2, 0.25) is 0 Å². The van der Waals surface area contributed by atoms with E-state index in [4.69, 9.17) is 4.78 Å². The summed E-state index contributed by atoms with van der Waals surface area (Å²) in [5.74, 6) is 0. The average molecular weight is 155 g/mol. The molecular weight excluding hydrogens is 148 g/mol. The molecule has 53 valence electrons. The smallest absolute Gasteiger partial charge is 0.0712 e. The molecular formula is C6H7N2OS. The highest BCUT2D eigenvalue weighted by molar-refractivity contribution is 7.91. The molecule has 1 unspecified atom stereocenters. The van der Waals surface area contributed by atoms with E-state index in [9.17, 15) is 4.21 Å². The molecule has 3 nitrogen and oxygen atoms in total. The van der Waals surface area contributed by atoms with E-state index < -0.39 is 9.73 Å². The van der Waals surface area contributed by atoms with Gasteiger partial charge in [0.05, 0.1) is 14.6 Å². The van der Waals surface area contributed by atoms with E-state index in [1.54, 1.807) is 0 Å². The molecule has 0 aliphatic rings. The Kier molecular flexibility index (Phi) is 1.72. The molecule has 1 atom stereocenters. The molecule has 1 radical (unpaired) electrons. The highest BCUT2D eigenvalue weighted by Gasteiger charge is 1.99. The maximum atomic E-state index is 11.0. The maximum absolute atomic E-state index is 11.0. The van der Waals surface area contributed by atoms with Crippen molar-refractivity contribution in [2.45, 2.75) is 4.90 Å². The van der Waals surface area contributed by atoms with Crippen LogP contribution in [0.4, 0.5) is 0 Å². The third-order valence-corrected chi connectivity index (χ3v) is 2.15. The molecule has 0 fully saturated rings. The number of nitrogens with one attached hydrogen (secondary N) is 1. The lowest BCUT2D eigenvalue weighted by Crippen LogP contribution is -1.94. The maximum Gasteiger partial charge on any atom is 0.0712 e. The second-order valence-electron chi connectivity index (χ2n) is 1.96. The highest BCUT2D eigenvalue weighted by atomic mass is 32.2. The monoisotopic (exact) mass is 155 g/mol. The zero-order valence-corrected chi connectivity index (χ0v) is 6.31. The molecule has 1 aromatic heterocycles. The van der Waals surface area contributed by atoms with Crippen LogP contribution >= 0.6 is 0 Å². The largest absolute Gasteiger partial charge is 0.263 e. The van der Waals surface area contributed by atoms with Gasteiger partial charge in [0.25, 0.3) is 0 Å². The van der Waals surface area contributed by atoms with Crippen LogP contribution in [0, 0.1) is 10.8 Å². The Morgan fingerprint density at radius 1 is 1.80 bits per heavy atom. The van der Waals surface area contributed by atoms with Crippen molar-refractivity contribution in [3.8, 4) is 0 Å². The van der Waals surface area contributed by atoms with E-state index in [0.717, 1.165) is 0 Å². The molecule has 1 N–H and O–H groups in total. The fraction of sp³-hybridized carbons (Fsp3) is 0.167. The minimum Gasteiger partial charge on any atom is -0.263 e. The van der Waals surface area contributed by atoms with Crippen LogP contribution in [0.25, 0.3) is 0 Å². The molecule has 0 aliphatic heterocycles. The van der Waals surface area contributed by atoms with E-state index in [0.29, 0.717) is 4.90 Å². The van der Waals surface area contributed by atoms with Gasteiger partial charge in [0.15, 0.2) is 0 Å². The molecule has 0 saturated heterocycles. The van der Waals surface area contributed by atoms with Crippen LogP contribution in [0.2, 0.25) is 0 Å². The van der Waals surface area contributed by atoms with E-state index >= 15 is 0 Å². The van der Waals surface area contributed by atoms with E-state index in [1.807, 2.05) is 0 Å². The first kappa shape index (κ1) is 7.21. The van der Waals surface area contributed by atoms with Gasteiger partial charge in [-0.15, -0.1) is 0 Å². The molecule has 0 aromatic carbocycles. The fourth-order valence-corrected chi connectivity index (χ4v) is 1.08. The van der Waals surface area contributed by atoms with Crippen molar-refractivity contribution in [2.75, 3.05) is 6.26 Å². The van der Waals surface area contributed by atoms with E-state index in [1.165, 1.54) is 24.7 Å². The number of nitrogens with zero attached hydrogens (tertiary/aromatic N) is 1. The topological polar surface area (TPSA) is 53.8 Å². The van der Waals surface area contributed by atoms with Gasteiger partial charge in [0, 0.05) is 24.7 Å². The van der Waals surface area contributed by atoms with Gasteiger partial charge in [-0.25, -0.2) is 8.99 Å². The van der Waals surface area contributed by atoms with Crippen molar-refractivity contribution in [1.82, 2.24) is 4.98 Å². The van der Waals surface area contributed by atoms with Crippen LogP contribution in [0.5, 0.6) is 0 Å². The summed E-state index contributed by atoms with van der Waals surface area (Å²) >= 11 is 0. The van der Waals surface area contributed by atoms with Crippen LogP contribution in [-0.2, 0) is 9.73 Å². The molecule has 0 saturated carbocycles. The fourth-order valence-electron chi connectivity index (χ4n) is 0.523. The summed E-state index contributed by atoms with van der Waals surface area (Å²) in [4.78, 5) is 4.12. The first-order valence-electron chi connectivity index (χ1n) is 2.65. The lowest BCUT2D eigenvalue weighted by atomic mass is 10.5. The van der Waals surface area contributed by atoms with Crippen molar-refractivity contribution >= 4 is 9.73 Å². The SMILES string of the molecule is CS(=N)(=O)c1c[c]cnc1. The number of rotatable bonds is 1. The number of hydrogen-bond donors (Lipinski definition) is 1. The van der Waals surface area contributed by atoms with Crippen LogP contribution in [0.15, 0.2) is 23.4 Å². The summed E-state index contributed by atoms with van der Waals surface area (Å²) < 4.78 is 18.1. The van der Waals surface area contributed by atoms with Crippen molar-refractivity contribution in [3.63, 3.8) is 0 Å². The number of pyridine rings is 1. The Bertz CT molecular complexity index is 304. The molecule has 1 aromatic rings. The van der Waals surface area contributed by atoms with Gasteiger partial charge in [-0.3, -0.25) is 4.98 Å². The summed E-state index contributed by atoms with van der Waals surface area (Å²) in [6.07, 6.45) is 4.25. The zero-order chi connectivity index (χ0) is 7.61. The summed E-state index contributed by atoms with van der Waals surface area (Å²) in [5.41, 5.74) is 0. The Morgan fingerprint density at radius 2 is 2.50 bits per heavy atom. The normalized spacial score (nSPS) is 16.1. The number of aromatic nitrogens is 1. The Balaban J connectivity index is 3.22. The third-order valence-electron chi connectivity index (χ3n) is 1.03. The van der Waals surface area contributed by atoms with Crippen molar-refractivity contribution in [3.05, 3.63) is 24.5 Å². The predicted octanol–water partition coefficient (Wildman–Crippen LogP) is 0.917. The molecule has 0 spiro atoms. The van der Waals surface area contributed by atoms with E-state index in [-0.39, 0.29) is 0 Å². The lowest BCUT2D eigenvalue weighted by molar-refractivity contribution is 0.678. The molecule has 4 heteroatoms. The molecule has 1 rings (SSSR count). The Morgan fingerprint density at radius 3 is 2.80 bits per heavy atom. The quantitative estimate of drug-likeness (QED) is 0.655. The van der Waals surface area contributed by atoms with E-state index in [2.05, 4.69) is 11.1 Å². The van der Waals surface area contributed by atoms with Crippen molar-refractivity contribution in [1.29, 1.82) is 4.78 Å². The highest BCUT2D eigenvalue weighted by Crippen LogP contribution is 2.04. The summed E-state index contributed by atoms with van der Waals surface area (Å²) in [5, 5.41) is 0. The van der Waals surface area contributed by atoms with Gasteiger partial charge in [-0.1, -0.05) is 0 Å². The summed E-state index contributed by atoms with van der Waals surface area (Å²) in [7, 11) is -2.60. The zero-order valence-electron chi connectivity index (χ0n) is 5.50. The second kappa shape index (κ2) is 2.38. The Labute approximate surface area is 60.1 Å². The molecule has 0 bridgehead atoms. The molecule has 10 heavy (non-hydrogen) atoms. The standard InChI is InChI=1S/C6H7N2OS/c1-10(7,9)6-3-2-4-8-5-6/h3-5,7H,1H3. The van der Waals surface area contributed by atoms with Gasteiger partial charge in [-0.2, -0.15) is 0 Å². The summed E-state index contributed by atoms with van der Waals surface area (Å²) in [6, 6.07) is 4.17. The van der Waals surface area contributed by atoms with Crippen LogP contribution in [-0.4, -0.2) is 15.4 Å². The lowest BCUT2D eigenvalue weighted by Gasteiger charge is -1.96. The van der Waals surface area contributed by atoms with Crippen molar-refractivity contribution < 1.29 is 4.21 Å². The second-order valence-corrected chi connectivity index (χ2v) is 4.12. The average Bonchev–Trinajstić information content (AvgIpc) is 1.88. The first-order chi connectivity index (χ1) is 4.61. The van der Waals surface area contributed by atoms with Gasteiger partial charge in [-0.05, 0) is 6.07 Å². The third kappa shape index (κ3) is 1.54. The molecule has 0 aliphatic carbocycles. The first-order valence-corrected chi connectivity index (χ1v) is 4.62. The predicted molar refractivity (Wildman–Crippen MR) is 38.1 cm³/mol. The minimum atomic E-state index is -2.60. The minimum absolute atomic E-state index is 0.426. The number of hydrogen-bond acceptors (Lipinski definition) is 3. The Hall–Kier alpha value is -0.900. The van der Waals surface area contributed by atoms with Crippen LogP contribution in [0.1, 0.15) is 0 Å². The van der Waals surface area contributed by atoms with Crippen LogP contribution < -0.4 is 0 Å². The van der Waals surface area contributed by atoms with Crippen molar-refractivity contribution in [2.24, 2.45) is 0 Å². The van der Waals surface area contributed by atoms with Gasteiger partial charge >= 0.3 is 0 Å². The van der Waals surface area contributed by atoms with Gasteiger partial charge in [0.1, 0.15) is 0 Å². The molecule has 1 heterocycles. The molecule has 0 amide bonds. The van der Waals surface area contributed by atoms with Crippen LogP contribution in [0.3, 0.4) is 0 Å². The van der Waals surface area contributed by atoms with Gasteiger partial charge < -0.3 is 0 Å². The summed E-state index contributed by atoms with van der Waals surface area (Å²) in [6.45, 7) is 0.